The molecule has 0 unspecified atom stereocenters. The number of nitrogens with one attached hydrogen (secondary N) is 2. The van der Waals surface area contributed by atoms with E-state index in [0.29, 0.717) is 23.0 Å². The van der Waals surface area contributed by atoms with E-state index >= 15 is 0 Å². The molecule has 7 nitrogen and oxygen atoms in total. The van der Waals surface area contributed by atoms with Gasteiger partial charge >= 0.3 is 0 Å². The Bertz CT molecular complexity index is 1680. The molecule has 4 aromatic carbocycles. The van der Waals surface area contributed by atoms with Gasteiger partial charge in [-0.15, -0.1) is 0 Å². The summed E-state index contributed by atoms with van der Waals surface area (Å²) in [4.78, 5) is 0. The van der Waals surface area contributed by atoms with Crippen LogP contribution in [-0.4, -0.2) is 41.5 Å². The number of aryl methyl sites for hydroxylation is 2. The maximum absolute atomic E-state index is 6.50. The van der Waals surface area contributed by atoms with E-state index < -0.39 is 0 Å². The molecule has 0 aliphatic carbocycles. The number of hydrogen-bond acceptors (Lipinski definition) is 7. The second-order valence-electron chi connectivity index (χ2n) is 12.0. The monoisotopic (exact) mass is 608 g/mol. The minimum atomic E-state index is 0.134. The van der Waals surface area contributed by atoms with Gasteiger partial charge in [0.2, 0.25) is 0 Å². The Kier molecular flexibility index (Phi) is 9.19. The Hall–Kier alpha value is -4.20. The van der Waals surface area contributed by atoms with Gasteiger partial charge in [0.25, 0.3) is 0 Å². The Balaban J connectivity index is 1.22. The van der Waals surface area contributed by atoms with E-state index in [0.717, 1.165) is 55.8 Å². The number of rotatable bonds is 10. The predicted octanol–water partition coefficient (Wildman–Crippen LogP) is 6.99. The molecule has 2 aliphatic rings. The zero-order chi connectivity index (χ0) is 31.5. The van der Waals surface area contributed by atoms with E-state index in [4.69, 9.17) is 23.7 Å². The van der Waals surface area contributed by atoms with Gasteiger partial charge in [-0.25, -0.2) is 0 Å². The second-order valence-corrected chi connectivity index (χ2v) is 12.0. The van der Waals surface area contributed by atoms with Crippen LogP contribution in [-0.2, 0) is 25.7 Å². The molecular formula is C38H44N2O5. The van der Waals surface area contributed by atoms with Crippen LogP contribution < -0.4 is 34.3 Å². The summed E-state index contributed by atoms with van der Waals surface area (Å²) < 4.78 is 29.2. The molecule has 2 heterocycles. The molecule has 0 spiro atoms. The maximum Gasteiger partial charge on any atom is 0.169 e. The van der Waals surface area contributed by atoms with E-state index in [2.05, 4.69) is 73.0 Å². The SMILES string of the molecule is COc1cc2c(cc1OC)[C@@H](Cc1ccc(OC)c(Oc3ccc(C[C@H]4NCCc5cc(C)c(C)cc54)cc3OC)c1)NCC2. The summed E-state index contributed by atoms with van der Waals surface area (Å²) >= 11 is 0. The van der Waals surface area contributed by atoms with Gasteiger partial charge in [-0.3, -0.25) is 0 Å². The molecule has 0 saturated heterocycles. The van der Waals surface area contributed by atoms with Crippen molar-refractivity contribution in [2.24, 2.45) is 0 Å². The third kappa shape index (κ3) is 6.46. The van der Waals surface area contributed by atoms with Gasteiger partial charge in [0.1, 0.15) is 0 Å². The Morgan fingerprint density at radius 3 is 1.64 bits per heavy atom. The molecule has 2 N–H and O–H groups in total. The van der Waals surface area contributed by atoms with Crippen LogP contribution in [0.4, 0.5) is 0 Å². The summed E-state index contributed by atoms with van der Waals surface area (Å²) in [5, 5.41) is 7.42. The fraction of sp³-hybridized carbons (Fsp3) is 0.368. The van der Waals surface area contributed by atoms with Crippen molar-refractivity contribution in [2.45, 2.75) is 51.6 Å². The summed E-state index contributed by atoms with van der Waals surface area (Å²) in [6.45, 7) is 6.27. The molecule has 2 aliphatic heterocycles. The van der Waals surface area contributed by atoms with Crippen LogP contribution in [0, 0.1) is 13.8 Å². The maximum atomic E-state index is 6.50. The molecule has 0 aromatic heterocycles. The van der Waals surface area contributed by atoms with Gasteiger partial charge < -0.3 is 34.3 Å². The van der Waals surface area contributed by atoms with Crippen molar-refractivity contribution in [3.8, 4) is 34.5 Å². The van der Waals surface area contributed by atoms with Crippen molar-refractivity contribution < 1.29 is 23.7 Å². The molecule has 6 rings (SSSR count). The summed E-state index contributed by atoms with van der Waals surface area (Å²) in [6.07, 6.45) is 3.67. The van der Waals surface area contributed by atoms with Crippen LogP contribution in [0.3, 0.4) is 0 Å². The third-order valence-corrected chi connectivity index (χ3v) is 9.28. The minimum Gasteiger partial charge on any atom is -0.493 e. The quantitative estimate of drug-likeness (QED) is 0.201. The van der Waals surface area contributed by atoms with E-state index in [1.54, 1.807) is 28.4 Å². The van der Waals surface area contributed by atoms with E-state index in [9.17, 15) is 0 Å². The molecule has 0 radical (unpaired) electrons. The smallest absolute Gasteiger partial charge is 0.169 e. The highest BCUT2D eigenvalue weighted by molar-refractivity contribution is 5.52. The summed E-state index contributed by atoms with van der Waals surface area (Å²) in [5.41, 5.74) is 10.4. The number of fused-ring (bicyclic) bond motifs is 2. The van der Waals surface area contributed by atoms with Gasteiger partial charge in [-0.05, 0) is 134 Å². The van der Waals surface area contributed by atoms with Crippen LogP contribution in [0.25, 0.3) is 0 Å². The average molecular weight is 609 g/mol. The second kappa shape index (κ2) is 13.4. The lowest BCUT2D eigenvalue weighted by molar-refractivity contribution is 0.352. The Morgan fingerprint density at radius 1 is 0.533 bits per heavy atom. The predicted molar refractivity (Wildman–Crippen MR) is 178 cm³/mol. The lowest BCUT2D eigenvalue weighted by atomic mass is 9.87. The highest BCUT2D eigenvalue weighted by atomic mass is 16.5. The van der Waals surface area contributed by atoms with Gasteiger partial charge in [0.05, 0.1) is 28.4 Å². The first-order chi connectivity index (χ1) is 21.9. The zero-order valence-electron chi connectivity index (χ0n) is 27.2. The van der Waals surface area contributed by atoms with Crippen LogP contribution in [0.2, 0.25) is 0 Å². The topological polar surface area (TPSA) is 70.2 Å². The van der Waals surface area contributed by atoms with Crippen molar-refractivity contribution in [3.63, 3.8) is 0 Å². The number of methoxy groups -OCH3 is 4. The minimum absolute atomic E-state index is 0.134. The Labute approximate surface area is 266 Å². The van der Waals surface area contributed by atoms with Crippen LogP contribution >= 0.6 is 0 Å². The van der Waals surface area contributed by atoms with Crippen molar-refractivity contribution in [1.29, 1.82) is 0 Å². The van der Waals surface area contributed by atoms with Crippen molar-refractivity contribution in [2.75, 3.05) is 41.5 Å². The first-order valence-corrected chi connectivity index (χ1v) is 15.7. The summed E-state index contributed by atoms with van der Waals surface area (Å²) in [7, 11) is 6.71. The van der Waals surface area contributed by atoms with Crippen LogP contribution in [0.5, 0.6) is 34.5 Å². The third-order valence-electron chi connectivity index (χ3n) is 9.28. The number of hydrogen-bond donors (Lipinski definition) is 2. The normalized spacial score (nSPS) is 17.2. The molecule has 0 amide bonds. The number of ether oxygens (including phenoxy) is 5. The zero-order valence-corrected chi connectivity index (χ0v) is 27.2. The highest BCUT2D eigenvalue weighted by Gasteiger charge is 2.24. The molecule has 45 heavy (non-hydrogen) atoms. The molecule has 0 saturated carbocycles. The lowest BCUT2D eigenvalue weighted by Gasteiger charge is -2.28. The van der Waals surface area contributed by atoms with Crippen molar-refractivity contribution in [1.82, 2.24) is 10.6 Å². The van der Waals surface area contributed by atoms with Crippen molar-refractivity contribution in [3.05, 3.63) is 105 Å². The average Bonchev–Trinajstić information content (AvgIpc) is 3.06. The van der Waals surface area contributed by atoms with Gasteiger partial charge in [0.15, 0.2) is 34.5 Å². The molecule has 0 fully saturated rings. The molecule has 2 atom stereocenters. The largest absolute Gasteiger partial charge is 0.493 e. The van der Waals surface area contributed by atoms with E-state index in [-0.39, 0.29) is 12.1 Å². The van der Waals surface area contributed by atoms with Crippen LogP contribution in [0.1, 0.15) is 56.6 Å². The first-order valence-electron chi connectivity index (χ1n) is 15.7. The van der Waals surface area contributed by atoms with Gasteiger partial charge in [0, 0.05) is 12.1 Å². The summed E-state index contributed by atoms with van der Waals surface area (Å²) in [5.74, 6) is 4.17. The van der Waals surface area contributed by atoms with E-state index in [1.165, 1.54) is 38.9 Å². The van der Waals surface area contributed by atoms with Crippen molar-refractivity contribution >= 4 is 0 Å². The fourth-order valence-electron chi connectivity index (χ4n) is 6.70. The fourth-order valence-corrected chi connectivity index (χ4v) is 6.70. The van der Waals surface area contributed by atoms with Gasteiger partial charge in [-0.2, -0.15) is 0 Å². The lowest BCUT2D eigenvalue weighted by Crippen LogP contribution is -2.31. The standard InChI is InChI=1S/C38H44N2O5/c1-23-15-27-11-13-39-31(29(27)16-24(23)2)17-25-8-10-34(35(19-25)42-4)45-38-20-26(7-9-33(38)41-3)18-32-30-22-37(44-6)36(43-5)21-28(30)12-14-40-32/h7-10,15-16,19-22,31-32,39-40H,11-14,17-18H2,1-6H3/t31-,32-/m1/s1. The first kappa shape index (κ1) is 30.8. The molecular weight excluding hydrogens is 564 g/mol. The van der Waals surface area contributed by atoms with Crippen LogP contribution in [0.15, 0.2) is 60.7 Å². The highest BCUT2D eigenvalue weighted by Crippen LogP contribution is 2.40. The Morgan fingerprint density at radius 2 is 1.02 bits per heavy atom. The summed E-state index contributed by atoms with van der Waals surface area (Å²) in [6, 6.07) is 21.7. The van der Waals surface area contributed by atoms with E-state index in [1.807, 2.05) is 12.1 Å². The molecule has 236 valence electrons. The molecule has 0 bridgehead atoms. The molecule has 4 aromatic rings. The van der Waals surface area contributed by atoms with Gasteiger partial charge in [-0.1, -0.05) is 24.3 Å². The number of benzene rings is 4. The molecule has 7 heteroatoms.